The number of hydrogen-bond acceptors (Lipinski definition) is 3. The summed E-state index contributed by atoms with van der Waals surface area (Å²) < 4.78 is 0. The molecule has 5 heteroatoms. The van der Waals surface area contributed by atoms with E-state index in [9.17, 15) is 14.7 Å². The van der Waals surface area contributed by atoms with Crippen LogP contribution in [0.2, 0.25) is 0 Å². The van der Waals surface area contributed by atoms with Crippen molar-refractivity contribution in [3.63, 3.8) is 0 Å². The van der Waals surface area contributed by atoms with E-state index in [1.807, 2.05) is 6.07 Å². The average Bonchev–Trinajstić information content (AvgIpc) is 2.51. The van der Waals surface area contributed by atoms with E-state index < -0.39 is 11.6 Å². The van der Waals surface area contributed by atoms with Crippen LogP contribution in [-0.2, 0) is 4.79 Å². The highest BCUT2D eigenvalue weighted by atomic mass is 16.3. The maximum atomic E-state index is 12.1. The number of benzene rings is 1. The third-order valence-corrected chi connectivity index (χ3v) is 3.68. The highest BCUT2D eigenvalue weighted by Crippen LogP contribution is 2.15. The zero-order valence-electron chi connectivity index (χ0n) is 14.4. The second kappa shape index (κ2) is 8.67. The van der Waals surface area contributed by atoms with Gasteiger partial charge in [-0.1, -0.05) is 32.0 Å². The van der Waals surface area contributed by atoms with Crippen molar-refractivity contribution in [3.8, 4) is 0 Å². The summed E-state index contributed by atoms with van der Waals surface area (Å²) in [6.45, 7) is 7.69. The minimum atomic E-state index is -0.941. The zero-order chi connectivity index (χ0) is 17.5. The molecule has 0 fully saturated rings. The minimum Gasteiger partial charge on any atom is -0.388 e. The van der Waals surface area contributed by atoms with Gasteiger partial charge in [0.25, 0.3) is 5.91 Å². The first-order chi connectivity index (χ1) is 10.7. The molecule has 0 heterocycles. The molecule has 23 heavy (non-hydrogen) atoms. The Morgan fingerprint density at radius 3 is 2.35 bits per heavy atom. The summed E-state index contributed by atoms with van der Waals surface area (Å²) in [5.41, 5.74) is -0.431. The standard InChI is InChI=1S/C18H28N2O3/c1-13(2)10-11-18(4,23)12-19-16(21)14(3)20-17(22)15-8-6-5-7-9-15/h5-9,13-14,23H,10-12H2,1-4H3,(H,19,21)(H,20,22). The molecule has 2 atom stereocenters. The fourth-order valence-corrected chi connectivity index (χ4v) is 2.05. The number of rotatable bonds is 8. The summed E-state index contributed by atoms with van der Waals surface area (Å²) in [6.07, 6.45) is 1.51. The van der Waals surface area contributed by atoms with Crippen LogP contribution < -0.4 is 10.6 Å². The monoisotopic (exact) mass is 320 g/mol. The smallest absolute Gasteiger partial charge is 0.251 e. The Morgan fingerprint density at radius 2 is 1.78 bits per heavy atom. The third-order valence-electron chi connectivity index (χ3n) is 3.68. The van der Waals surface area contributed by atoms with E-state index in [-0.39, 0.29) is 18.4 Å². The van der Waals surface area contributed by atoms with E-state index >= 15 is 0 Å². The van der Waals surface area contributed by atoms with Gasteiger partial charge in [-0.2, -0.15) is 0 Å². The van der Waals surface area contributed by atoms with Gasteiger partial charge < -0.3 is 15.7 Å². The molecule has 0 bridgehead atoms. The van der Waals surface area contributed by atoms with E-state index in [0.717, 1.165) is 6.42 Å². The first-order valence-electron chi connectivity index (χ1n) is 8.07. The quantitative estimate of drug-likeness (QED) is 0.686. The molecule has 0 saturated carbocycles. The molecule has 0 radical (unpaired) electrons. The van der Waals surface area contributed by atoms with Crippen molar-refractivity contribution in [2.45, 2.75) is 52.2 Å². The van der Waals surface area contributed by atoms with E-state index in [2.05, 4.69) is 24.5 Å². The lowest BCUT2D eigenvalue weighted by molar-refractivity contribution is -0.123. The summed E-state index contributed by atoms with van der Waals surface area (Å²) in [5, 5.41) is 15.6. The highest BCUT2D eigenvalue weighted by molar-refractivity contribution is 5.97. The number of carbonyl (C=O) groups excluding carboxylic acids is 2. The lowest BCUT2D eigenvalue weighted by atomic mass is 9.95. The van der Waals surface area contributed by atoms with Crippen molar-refractivity contribution in [1.82, 2.24) is 10.6 Å². The van der Waals surface area contributed by atoms with Gasteiger partial charge in [-0.15, -0.1) is 0 Å². The molecule has 0 spiro atoms. The van der Waals surface area contributed by atoms with Crippen molar-refractivity contribution in [1.29, 1.82) is 0 Å². The minimum absolute atomic E-state index is 0.171. The fraction of sp³-hybridized carbons (Fsp3) is 0.556. The van der Waals surface area contributed by atoms with Crippen LogP contribution >= 0.6 is 0 Å². The zero-order valence-corrected chi connectivity index (χ0v) is 14.4. The molecule has 0 aliphatic heterocycles. The van der Waals surface area contributed by atoms with Crippen LogP contribution in [0.1, 0.15) is 50.9 Å². The van der Waals surface area contributed by atoms with Crippen molar-refractivity contribution in [2.24, 2.45) is 5.92 Å². The molecule has 1 aromatic rings. The Bertz CT molecular complexity index is 512. The first kappa shape index (κ1) is 19.2. The number of carbonyl (C=O) groups is 2. The van der Waals surface area contributed by atoms with Gasteiger partial charge in [0.05, 0.1) is 5.60 Å². The normalized spacial score (nSPS) is 14.9. The molecule has 1 rings (SSSR count). The average molecular weight is 320 g/mol. The summed E-state index contributed by atoms with van der Waals surface area (Å²) >= 11 is 0. The third kappa shape index (κ3) is 7.28. The predicted octanol–water partition coefficient (Wildman–Crippen LogP) is 2.11. The predicted molar refractivity (Wildman–Crippen MR) is 91.1 cm³/mol. The van der Waals surface area contributed by atoms with Crippen LogP contribution in [0.5, 0.6) is 0 Å². The van der Waals surface area contributed by atoms with E-state index in [4.69, 9.17) is 0 Å². The van der Waals surface area contributed by atoms with Crippen LogP contribution in [0.25, 0.3) is 0 Å². The maximum absolute atomic E-state index is 12.1. The Balaban J connectivity index is 2.43. The van der Waals surface area contributed by atoms with Gasteiger partial charge in [0.1, 0.15) is 6.04 Å². The fourth-order valence-electron chi connectivity index (χ4n) is 2.05. The summed E-state index contributed by atoms with van der Waals surface area (Å²) in [4.78, 5) is 24.1. The molecule has 0 aliphatic rings. The molecule has 0 aliphatic carbocycles. The molecular weight excluding hydrogens is 292 g/mol. The van der Waals surface area contributed by atoms with Crippen molar-refractivity contribution in [2.75, 3.05) is 6.54 Å². The maximum Gasteiger partial charge on any atom is 0.251 e. The van der Waals surface area contributed by atoms with Crippen LogP contribution in [0.3, 0.4) is 0 Å². The lowest BCUT2D eigenvalue weighted by Crippen LogP contribution is -2.49. The number of nitrogens with one attached hydrogen (secondary N) is 2. The van der Waals surface area contributed by atoms with Gasteiger partial charge in [0, 0.05) is 12.1 Å². The van der Waals surface area contributed by atoms with Crippen LogP contribution in [-0.4, -0.2) is 35.1 Å². The SMILES string of the molecule is CC(C)CCC(C)(O)CNC(=O)C(C)NC(=O)c1ccccc1. The Labute approximate surface area is 138 Å². The van der Waals surface area contributed by atoms with E-state index in [1.165, 1.54) is 0 Å². The molecule has 2 amide bonds. The Kier molecular flexibility index (Phi) is 7.23. The molecule has 3 N–H and O–H groups in total. The van der Waals surface area contributed by atoms with Crippen molar-refractivity contribution in [3.05, 3.63) is 35.9 Å². The van der Waals surface area contributed by atoms with Crippen LogP contribution in [0, 0.1) is 5.92 Å². The van der Waals surface area contributed by atoms with Crippen LogP contribution in [0.4, 0.5) is 0 Å². The topological polar surface area (TPSA) is 78.4 Å². The molecular formula is C18H28N2O3. The highest BCUT2D eigenvalue weighted by Gasteiger charge is 2.23. The largest absolute Gasteiger partial charge is 0.388 e. The molecule has 1 aromatic carbocycles. The van der Waals surface area contributed by atoms with E-state index in [1.54, 1.807) is 38.1 Å². The number of amides is 2. The van der Waals surface area contributed by atoms with Gasteiger partial charge in [0.15, 0.2) is 0 Å². The van der Waals surface area contributed by atoms with Gasteiger partial charge in [-0.25, -0.2) is 0 Å². The molecule has 0 aromatic heterocycles. The molecule has 2 unspecified atom stereocenters. The van der Waals surface area contributed by atoms with Gasteiger partial charge >= 0.3 is 0 Å². The summed E-state index contributed by atoms with van der Waals surface area (Å²) in [5.74, 6) is -0.0971. The molecule has 5 nitrogen and oxygen atoms in total. The Morgan fingerprint density at radius 1 is 1.17 bits per heavy atom. The first-order valence-corrected chi connectivity index (χ1v) is 8.07. The van der Waals surface area contributed by atoms with Gasteiger partial charge in [-0.05, 0) is 44.7 Å². The number of aliphatic hydroxyl groups is 1. The second-order valence-electron chi connectivity index (χ2n) is 6.71. The second-order valence-corrected chi connectivity index (χ2v) is 6.71. The molecule has 128 valence electrons. The van der Waals surface area contributed by atoms with Crippen molar-refractivity contribution < 1.29 is 14.7 Å². The van der Waals surface area contributed by atoms with Gasteiger partial charge in [-0.3, -0.25) is 9.59 Å². The summed E-state index contributed by atoms with van der Waals surface area (Å²) in [6, 6.07) is 8.08. The lowest BCUT2D eigenvalue weighted by Gasteiger charge is -2.25. The van der Waals surface area contributed by atoms with Crippen molar-refractivity contribution >= 4 is 11.8 Å². The summed E-state index contributed by atoms with van der Waals surface area (Å²) in [7, 11) is 0. The molecule has 0 saturated heterocycles. The van der Waals surface area contributed by atoms with Crippen LogP contribution in [0.15, 0.2) is 30.3 Å². The van der Waals surface area contributed by atoms with Gasteiger partial charge in [0.2, 0.25) is 5.91 Å². The number of hydrogen-bond donors (Lipinski definition) is 3. The van der Waals surface area contributed by atoms with E-state index in [0.29, 0.717) is 17.9 Å². The Hall–Kier alpha value is -1.88.